The highest BCUT2D eigenvalue weighted by Gasteiger charge is 2.23. The summed E-state index contributed by atoms with van der Waals surface area (Å²) in [5.74, 6) is 0. The van der Waals surface area contributed by atoms with Gasteiger partial charge in [0.25, 0.3) is 0 Å². The number of hydrogen-bond donors (Lipinski definition) is 0. The van der Waals surface area contributed by atoms with Gasteiger partial charge in [0.05, 0.1) is 35.6 Å². The van der Waals surface area contributed by atoms with Crippen LogP contribution in [0.3, 0.4) is 0 Å². The molecule has 11 aromatic rings. The van der Waals surface area contributed by atoms with Crippen LogP contribution in [0, 0.1) is 0 Å². The van der Waals surface area contributed by atoms with Gasteiger partial charge in [-0.1, -0.05) is 145 Å². The van der Waals surface area contributed by atoms with E-state index in [0.29, 0.717) is 0 Å². The first kappa shape index (κ1) is 11.0. The molecular formula is C46H26O. The summed E-state index contributed by atoms with van der Waals surface area (Å²) in [7, 11) is 0. The minimum Gasteiger partial charge on any atom is -0.456 e. The quantitative estimate of drug-likeness (QED) is 0.138. The highest BCUT2D eigenvalue weighted by atomic mass is 16.3. The van der Waals surface area contributed by atoms with Gasteiger partial charge in [-0.05, 0) is 99.0 Å². The van der Waals surface area contributed by atoms with Crippen molar-refractivity contribution >= 4 is 86.6 Å². The Morgan fingerprint density at radius 3 is 1.72 bits per heavy atom. The average molecular weight is 621 g/mol. The maximum absolute atomic E-state index is 9.89. The number of rotatable bonds is 2. The van der Waals surface area contributed by atoms with Gasteiger partial charge in [-0.25, -0.2) is 0 Å². The Hall–Kier alpha value is -6.18. The molecule has 0 aliphatic carbocycles. The molecule has 0 saturated heterocycles. The first-order valence-electron chi connectivity index (χ1n) is 27.2. The van der Waals surface area contributed by atoms with Crippen LogP contribution in [-0.4, -0.2) is 0 Å². The zero-order chi connectivity index (χ0) is 53.3. The largest absolute Gasteiger partial charge is 0.456 e. The normalized spacial score (nSPS) is 20.0. The second-order valence-corrected chi connectivity index (χ2v) is 10.8. The highest BCUT2D eigenvalue weighted by Crippen LogP contribution is 2.50. The summed E-state index contributed by atoms with van der Waals surface area (Å²) in [5, 5.41) is -7.69. The zero-order valence-corrected chi connectivity index (χ0v) is 23.4. The van der Waals surface area contributed by atoms with E-state index in [-0.39, 0.29) is 10.8 Å². The van der Waals surface area contributed by atoms with Crippen LogP contribution in [0.15, 0.2) is 162 Å². The molecule has 0 aliphatic heterocycles. The molecule has 0 bridgehead atoms. The predicted molar refractivity (Wildman–Crippen MR) is 201 cm³/mol. The molecule has 0 fully saturated rings. The maximum Gasteiger partial charge on any atom is 0.136 e. The summed E-state index contributed by atoms with van der Waals surface area (Å²) < 4.78 is 244. The molecule has 0 N–H and O–H groups in total. The molecule has 0 radical (unpaired) electrons. The van der Waals surface area contributed by atoms with Crippen LogP contribution in [-0.2, 0) is 0 Å². The van der Waals surface area contributed by atoms with Crippen LogP contribution < -0.4 is 0 Å². The smallest absolute Gasteiger partial charge is 0.136 e. The van der Waals surface area contributed by atoms with E-state index in [9.17, 15) is 13.7 Å². The molecule has 0 spiro atoms. The van der Waals surface area contributed by atoms with Crippen molar-refractivity contribution in [1.82, 2.24) is 0 Å². The third-order valence-electron chi connectivity index (χ3n) is 8.45. The van der Waals surface area contributed by atoms with E-state index in [1.165, 1.54) is 0 Å². The molecule has 0 aliphatic rings. The lowest BCUT2D eigenvalue weighted by molar-refractivity contribution is 0.669. The summed E-state index contributed by atoms with van der Waals surface area (Å²) in [4.78, 5) is 0. The fourth-order valence-corrected chi connectivity index (χ4v) is 6.58. The molecule has 216 valence electrons. The van der Waals surface area contributed by atoms with Crippen molar-refractivity contribution in [1.29, 1.82) is 0 Å². The number of fused-ring (bicyclic) bond motifs is 7. The van der Waals surface area contributed by atoms with E-state index in [1.54, 1.807) is 0 Å². The second-order valence-electron chi connectivity index (χ2n) is 10.8. The molecule has 0 amide bonds. The maximum atomic E-state index is 9.89. The van der Waals surface area contributed by atoms with Crippen LogP contribution in [0.25, 0.3) is 109 Å². The molecule has 47 heavy (non-hydrogen) atoms. The Labute approximate surface area is 306 Å². The summed E-state index contributed by atoms with van der Waals surface area (Å²) >= 11 is 0. The van der Waals surface area contributed by atoms with Gasteiger partial charge >= 0.3 is 0 Å². The first-order valence-corrected chi connectivity index (χ1v) is 14.2. The summed E-state index contributed by atoms with van der Waals surface area (Å²) in [5.41, 5.74) is -3.88. The van der Waals surface area contributed by atoms with Crippen LogP contribution in [0.2, 0.25) is 0 Å². The summed E-state index contributed by atoms with van der Waals surface area (Å²) in [6, 6.07) is -22.6. The van der Waals surface area contributed by atoms with E-state index >= 15 is 0 Å². The van der Waals surface area contributed by atoms with E-state index in [4.69, 9.17) is 26.3 Å². The van der Waals surface area contributed by atoms with Gasteiger partial charge in [0.2, 0.25) is 0 Å². The molecular weight excluding hydrogens is 569 g/mol. The lowest BCUT2D eigenvalue weighted by Crippen LogP contribution is -1.94. The Morgan fingerprint density at radius 2 is 0.872 bits per heavy atom. The number of para-hydroxylation sites is 1. The first-order chi connectivity index (χ1) is 34.2. The second kappa shape index (κ2) is 9.19. The van der Waals surface area contributed by atoms with Gasteiger partial charge in [0.15, 0.2) is 0 Å². The van der Waals surface area contributed by atoms with Crippen molar-refractivity contribution in [2.45, 2.75) is 0 Å². The molecule has 0 saturated carbocycles. The van der Waals surface area contributed by atoms with Crippen molar-refractivity contribution in [2.24, 2.45) is 0 Å². The monoisotopic (exact) mass is 620 g/mol. The predicted octanol–water partition coefficient (Wildman–Crippen LogP) is 13.3. The molecule has 0 unspecified atom stereocenters. The highest BCUT2D eigenvalue weighted by molar-refractivity contribution is 6.33. The van der Waals surface area contributed by atoms with Gasteiger partial charge in [-0.15, -0.1) is 0 Å². The fraction of sp³-hybridized carbons (Fsp3) is 0. The summed E-state index contributed by atoms with van der Waals surface area (Å²) in [6.07, 6.45) is 0. The minimum absolute atomic E-state index is 0.322. The standard InChI is InChI=1S/C46H26O/c1-2-12-31-27(9-1)21-26-38-43(37-16-8-18-40-44(37)36-15-5-6-17-39(36)47-40)32-13-3-4-14-33(32)46(45(31)38)35-25-23-30-20-19-28-10-7-11-29-22-24-34(35)42(30)41(28)29/h1-26H/i1D,2D,3D,4D,5D,6D,7D,8D,9D,10D,11D,12D,13D,14D,15D,16D,17D,18D,19D,20D,21D,22D,23D,24D,25D,26D. The molecule has 1 heterocycles. The SMILES string of the molecule is [2H]c1c([2H])c([2H])c2c(oc3c([2H])c([2H])c([2H])c(-c4c5c([2H])c([2H])c([2H])c([2H])c5c(-c5c([2H])c([2H])c6c([2H])c([2H])c7c([2H])c([2H])c([2H])c8c([2H])c([2H])c5c6c78)c5c4c([2H])c([2H])c4c([2H])c([2H])c([2H])c([2H])c45)c32)c1[2H]. The Bertz CT molecular complexity index is 4530. The van der Waals surface area contributed by atoms with Gasteiger partial charge in [0, 0.05) is 10.8 Å². The van der Waals surface area contributed by atoms with Gasteiger partial charge < -0.3 is 4.42 Å². The van der Waals surface area contributed by atoms with E-state index in [2.05, 4.69) is 0 Å². The number of furan rings is 1. The Morgan fingerprint density at radius 1 is 0.298 bits per heavy atom. The molecule has 1 nitrogen and oxygen atoms in total. The number of benzene rings is 10. The van der Waals surface area contributed by atoms with Gasteiger partial charge in [-0.2, -0.15) is 0 Å². The topological polar surface area (TPSA) is 13.1 Å². The number of hydrogen-bond acceptors (Lipinski definition) is 1. The van der Waals surface area contributed by atoms with E-state index in [0.717, 1.165) is 0 Å². The average Bonchev–Trinajstić information content (AvgIpc) is 3.76. The van der Waals surface area contributed by atoms with E-state index < -0.39 is 255 Å². The Kier molecular flexibility index (Phi) is 2.14. The lowest BCUT2D eigenvalue weighted by Gasteiger charge is -2.21. The fourth-order valence-electron chi connectivity index (χ4n) is 6.58. The van der Waals surface area contributed by atoms with Crippen molar-refractivity contribution in [3.63, 3.8) is 0 Å². The van der Waals surface area contributed by atoms with Crippen LogP contribution in [0.1, 0.15) is 35.6 Å². The van der Waals surface area contributed by atoms with Crippen molar-refractivity contribution in [2.75, 3.05) is 0 Å². The van der Waals surface area contributed by atoms with Gasteiger partial charge in [-0.3, -0.25) is 0 Å². The van der Waals surface area contributed by atoms with E-state index in [1.807, 2.05) is 0 Å². The molecule has 0 atom stereocenters. The van der Waals surface area contributed by atoms with Crippen molar-refractivity contribution in [3.8, 4) is 22.3 Å². The molecule has 1 aromatic heterocycles. The molecule has 11 rings (SSSR count). The van der Waals surface area contributed by atoms with Crippen molar-refractivity contribution in [3.05, 3.63) is 157 Å². The van der Waals surface area contributed by atoms with Gasteiger partial charge in [0.1, 0.15) is 11.2 Å². The van der Waals surface area contributed by atoms with Crippen LogP contribution in [0.4, 0.5) is 0 Å². The lowest BCUT2D eigenvalue weighted by atomic mass is 9.81. The third kappa shape index (κ3) is 3.33. The minimum atomic E-state index is -0.990. The molecule has 10 aromatic carbocycles. The Balaban J connectivity index is 1.59. The van der Waals surface area contributed by atoms with Crippen LogP contribution >= 0.6 is 0 Å². The third-order valence-corrected chi connectivity index (χ3v) is 8.45. The van der Waals surface area contributed by atoms with Crippen molar-refractivity contribution < 1.29 is 40.1 Å². The van der Waals surface area contributed by atoms with Crippen LogP contribution in [0.5, 0.6) is 0 Å². The molecule has 1 heteroatoms. The summed E-state index contributed by atoms with van der Waals surface area (Å²) in [6.45, 7) is 0. The zero-order valence-electron chi connectivity index (χ0n) is 49.4.